The Morgan fingerprint density at radius 2 is 1.94 bits per heavy atom. The van der Waals surface area contributed by atoms with Gasteiger partial charge in [-0.25, -0.2) is 4.98 Å². The monoisotopic (exact) mass is 265 g/mol. The molecule has 0 bridgehead atoms. The summed E-state index contributed by atoms with van der Waals surface area (Å²) in [6.45, 7) is 3.17. The van der Waals surface area contributed by atoms with Crippen molar-refractivity contribution in [3.63, 3.8) is 0 Å². The van der Waals surface area contributed by atoms with Crippen LogP contribution in [-0.2, 0) is 0 Å². The second kappa shape index (κ2) is 9.83. The number of hydrogen-bond acceptors (Lipinski definition) is 2. The van der Waals surface area contributed by atoms with Gasteiger partial charge in [-0.05, 0) is 30.8 Å². The fourth-order valence-corrected chi connectivity index (χ4v) is 1.91. The topological polar surface area (TPSA) is 37.0 Å². The van der Waals surface area contributed by atoms with Gasteiger partial charge in [0.1, 0.15) is 5.82 Å². The van der Waals surface area contributed by atoms with Crippen LogP contribution in [0.1, 0.15) is 45.4 Å². The number of anilines is 1. The molecule has 0 unspecified atom stereocenters. The summed E-state index contributed by atoms with van der Waals surface area (Å²) in [7, 11) is 0. The van der Waals surface area contributed by atoms with Gasteiger partial charge >= 0.3 is 0 Å². The SMILES string of the molecule is CCCCCCCCNC(=S)Nc1ccccn1. The Morgan fingerprint density at radius 1 is 1.17 bits per heavy atom. The molecule has 3 nitrogen and oxygen atoms in total. The molecule has 0 saturated carbocycles. The Balaban J connectivity index is 2.00. The maximum absolute atomic E-state index is 5.19. The van der Waals surface area contributed by atoms with E-state index < -0.39 is 0 Å². The zero-order valence-corrected chi connectivity index (χ0v) is 11.9. The number of rotatable bonds is 8. The van der Waals surface area contributed by atoms with Gasteiger partial charge in [-0.15, -0.1) is 0 Å². The van der Waals surface area contributed by atoms with E-state index in [4.69, 9.17) is 12.2 Å². The first-order chi connectivity index (χ1) is 8.83. The van der Waals surface area contributed by atoms with E-state index >= 15 is 0 Å². The van der Waals surface area contributed by atoms with Crippen LogP contribution in [0.5, 0.6) is 0 Å². The first kappa shape index (κ1) is 14.9. The molecule has 100 valence electrons. The number of pyridine rings is 1. The lowest BCUT2D eigenvalue weighted by Crippen LogP contribution is -2.29. The minimum Gasteiger partial charge on any atom is -0.362 e. The standard InChI is InChI=1S/C14H23N3S/c1-2-3-4-5-6-8-12-16-14(18)17-13-10-7-9-11-15-13/h7,9-11H,2-6,8,12H2,1H3,(H2,15,16,17,18). The highest BCUT2D eigenvalue weighted by Crippen LogP contribution is 2.04. The highest BCUT2D eigenvalue weighted by Gasteiger charge is 1.97. The number of nitrogens with zero attached hydrogens (tertiary/aromatic N) is 1. The van der Waals surface area contributed by atoms with Gasteiger partial charge in [0.05, 0.1) is 0 Å². The van der Waals surface area contributed by atoms with E-state index in [1.165, 1.54) is 38.5 Å². The summed E-state index contributed by atoms with van der Waals surface area (Å²) in [5.41, 5.74) is 0. The zero-order chi connectivity index (χ0) is 13.1. The molecule has 4 heteroatoms. The Hall–Kier alpha value is -1.16. The van der Waals surface area contributed by atoms with Crippen molar-refractivity contribution >= 4 is 23.1 Å². The van der Waals surface area contributed by atoms with Crippen molar-refractivity contribution in [2.75, 3.05) is 11.9 Å². The van der Waals surface area contributed by atoms with Gasteiger partial charge in [0.15, 0.2) is 5.11 Å². The van der Waals surface area contributed by atoms with Crippen molar-refractivity contribution < 1.29 is 0 Å². The number of nitrogens with one attached hydrogen (secondary N) is 2. The fourth-order valence-electron chi connectivity index (χ4n) is 1.70. The Morgan fingerprint density at radius 3 is 2.67 bits per heavy atom. The van der Waals surface area contributed by atoms with Crippen LogP contribution in [0.2, 0.25) is 0 Å². The Bertz CT molecular complexity index is 327. The van der Waals surface area contributed by atoms with Gasteiger partial charge in [-0.3, -0.25) is 0 Å². The summed E-state index contributed by atoms with van der Waals surface area (Å²) in [6.07, 6.45) is 9.54. The molecule has 1 heterocycles. The molecule has 0 aromatic carbocycles. The molecular weight excluding hydrogens is 242 g/mol. The summed E-state index contributed by atoms with van der Waals surface area (Å²) in [4.78, 5) is 4.16. The number of hydrogen-bond donors (Lipinski definition) is 2. The van der Waals surface area contributed by atoms with Gasteiger partial charge in [0, 0.05) is 12.7 Å². The molecule has 1 aromatic heterocycles. The second-order valence-corrected chi connectivity index (χ2v) is 4.77. The molecule has 2 N–H and O–H groups in total. The third kappa shape index (κ3) is 7.22. The molecule has 0 spiro atoms. The van der Waals surface area contributed by atoms with Gasteiger partial charge in [0.2, 0.25) is 0 Å². The average molecular weight is 265 g/mol. The van der Waals surface area contributed by atoms with Crippen LogP contribution in [0, 0.1) is 0 Å². The lowest BCUT2D eigenvalue weighted by Gasteiger charge is -2.09. The maximum Gasteiger partial charge on any atom is 0.171 e. The van der Waals surface area contributed by atoms with Gasteiger partial charge in [-0.2, -0.15) is 0 Å². The second-order valence-electron chi connectivity index (χ2n) is 4.36. The molecule has 0 aliphatic rings. The van der Waals surface area contributed by atoms with Crippen LogP contribution < -0.4 is 10.6 Å². The van der Waals surface area contributed by atoms with E-state index in [-0.39, 0.29) is 0 Å². The van der Waals surface area contributed by atoms with E-state index in [2.05, 4.69) is 22.5 Å². The molecule has 18 heavy (non-hydrogen) atoms. The zero-order valence-electron chi connectivity index (χ0n) is 11.1. The largest absolute Gasteiger partial charge is 0.362 e. The highest BCUT2D eigenvalue weighted by atomic mass is 32.1. The summed E-state index contributed by atoms with van der Waals surface area (Å²) < 4.78 is 0. The third-order valence-corrected chi connectivity index (χ3v) is 2.97. The van der Waals surface area contributed by atoms with Crippen LogP contribution in [0.15, 0.2) is 24.4 Å². The van der Waals surface area contributed by atoms with Gasteiger partial charge < -0.3 is 10.6 Å². The Labute approximate surface area is 115 Å². The summed E-state index contributed by atoms with van der Waals surface area (Å²) in [5, 5.41) is 6.92. The maximum atomic E-state index is 5.19. The molecule has 0 saturated heterocycles. The number of aromatic nitrogens is 1. The quantitative estimate of drug-likeness (QED) is 0.555. The predicted molar refractivity (Wildman–Crippen MR) is 81.8 cm³/mol. The molecule has 1 rings (SSSR count). The van der Waals surface area contributed by atoms with Crippen molar-refractivity contribution in [2.45, 2.75) is 45.4 Å². The summed E-state index contributed by atoms with van der Waals surface area (Å²) >= 11 is 5.19. The van der Waals surface area contributed by atoms with Crippen LogP contribution in [0.3, 0.4) is 0 Å². The molecule has 0 aliphatic heterocycles. The lowest BCUT2D eigenvalue weighted by molar-refractivity contribution is 0.603. The minimum atomic E-state index is 0.655. The van der Waals surface area contributed by atoms with E-state index in [1.807, 2.05) is 18.2 Å². The predicted octanol–water partition coefficient (Wildman–Crippen LogP) is 3.73. The van der Waals surface area contributed by atoms with Crippen molar-refractivity contribution in [2.24, 2.45) is 0 Å². The average Bonchev–Trinajstić information content (AvgIpc) is 2.39. The van der Waals surface area contributed by atoms with E-state index in [9.17, 15) is 0 Å². The molecule has 0 fully saturated rings. The molecule has 0 radical (unpaired) electrons. The smallest absolute Gasteiger partial charge is 0.171 e. The van der Waals surface area contributed by atoms with E-state index in [1.54, 1.807) is 6.20 Å². The summed E-state index contributed by atoms with van der Waals surface area (Å²) in [5.74, 6) is 0.790. The fraction of sp³-hybridized carbons (Fsp3) is 0.571. The van der Waals surface area contributed by atoms with Crippen LogP contribution in [0.4, 0.5) is 5.82 Å². The number of thiocarbonyl (C=S) groups is 1. The van der Waals surface area contributed by atoms with Crippen molar-refractivity contribution in [1.29, 1.82) is 0 Å². The van der Waals surface area contributed by atoms with Crippen LogP contribution >= 0.6 is 12.2 Å². The lowest BCUT2D eigenvalue weighted by atomic mass is 10.1. The molecule has 0 amide bonds. The molecule has 0 aliphatic carbocycles. The first-order valence-corrected chi connectivity index (χ1v) is 7.19. The molecular formula is C14H23N3S. The third-order valence-electron chi connectivity index (χ3n) is 2.72. The van der Waals surface area contributed by atoms with E-state index in [0.29, 0.717) is 5.11 Å². The van der Waals surface area contributed by atoms with Crippen molar-refractivity contribution in [3.05, 3.63) is 24.4 Å². The van der Waals surface area contributed by atoms with Crippen molar-refractivity contribution in [1.82, 2.24) is 10.3 Å². The number of unbranched alkanes of at least 4 members (excludes halogenated alkanes) is 5. The highest BCUT2D eigenvalue weighted by molar-refractivity contribution is 7.80. The normalized spacial score (nSPS) is 10.1. The minimum absolute atomic E-state index is 0.655. The molecule has 1 aromatic rings. The summed E-state index contributed by atoms with van der Waals surface area (Å²) in [6, 6.07) is 5.72. The van der Waals surface area contributed by atoms with Crippen LogP contribution in [0.25, 0.3) is 0 Å². The van der Waals surface area contributed by atoms with Gasteiger partial charge in [0.25, 0.3) is 0 Å². The first-order valence-electron chi connectivity index (χ1n) is 6.79. The van der Waals surface area contributed by atoms with Gasteiger partial charge in [-0.1, -0.05) is 45.1 Å². The van der Waals surface area contributed by atoms with Crippen LogP contribution in [-0.4, -0.2) is 16.6 Å². The van der Waals surface area contributed by atoms with E-state index in [0.717, 1.165) is 12.4 Å². The Kier molecular flexibility index (Phi) is 8.13. The molecule has 0 atom stereocenters. The van der Waals surface area contributed by atoms with Crippen molar-refractivity contribution in [3.8, 4) is 0 Å².